The predicted octanol–water partition coefficient (Wildman–Crippen LogP) is 3.63. The van der Waals surface area contributed by atoms with Crippen molar-refractivity contribution in [3.05, 3.63) is 42.1 Å². The van der Waals surface area contributed by atoms with Crippen LogP contribution in [0.1, 0.15) is 36.5 Å². The fourth-order valence-electron chi connectivity index (χ4n) is 3.22. The van der Waals surface area contributed by atoms with E-state index in [-0.39, 0.29) is 10.8 Å². The highest BCUT2D eigenvalue weighted by molar-refractivity contribution is 7.98. The van der Waals surface area contributed by atoms with Crippen molar-refractivity contribution in [2.45, 2.75) is 36.1 Å². The molecule has 7 nitrogen and oxygen atoms in total. The average Bonchev–Trinajstić information content (AvgIpc) is 2.75. The molecular weight excluding hydrogens is 410 g/mol. The van der Waals surface area contributed by atoms with Gasteiger partial charge in [0.05, 0.1) is 22.8 Å². The van der Waals surface area contributed by atoms with E-state index in [0.29, 0.717) is 41.7 Å². The van der Waals surface area contributed by atoms with Gasteiger partial charge in [0.15, 0.2) is 0 Å². The second-order valence-electron chi connectivity index (χ2n) is 6.57. The number of pyridine rings is 1. The van der Waals surface area contributed by atoms with E-state index < -0.39 is 10.0 Å². The molecule has 156 valence electrons. The third kappa shape index (κ3) is 4.91. The molecule has 1 aliphatic heterocycles. The molecule has 1 aromatic heterocycles. The number of carbonyl (C=O) groups is 1. The number of hydrogen-bond donors (Lipinski definition) is 1. The summed E-state index contributed by atoms with van der Waals surface area (Å²) in [6.07, 6.45) is 6.23. The molecule has 0 atom stereocenters. The highest BCUT2D eigenvalue weighted by Gasteiger charge is 2.27. The molecule has 1 amide bonds. The van der Waals surface area contributed by atoms with Crippen molar-refractivity contribution in [1.82, 2.24) is 9.29 Å². The lowest BCUT2D eigenvalue weighted by atomic mass is 10.2. The first-order valence-corrected chi connectivity index (χ1v) is 12.2. The number of carbonyl (C=O) groups excluding carboxylic acids is 1. The van der Waals surface area contributed by atoms with Gasteiger partial charge in [0, 0.05) is 19.3 Å². The smallest absolute Gasteiger partial charge is 0.258 e. The number of ether oxygens (including phenoxy) is 1. The van der Waals surface area contributed by atoms with Crippen LogP contribution in [0.4, 0.5) is 5.69 Å². The Kier molecular flexibility index (Phi) is 7.15. The number of thioether (sulfide) groups is 1. The summed E-state index contributed by atoms with van der Waals surface area (Å²) in [5.74, 6) is 0.0592. The first-order chi connectivity index (χ1) is 14.0. The van der Waals surface area contributed by atoms with E-state index in [9.17, 15) is 13.2 Å². The van der Waals surface area contributed by atoms with Gasteiger partial charge in [0.1, 0.15) is 10.8 Å². The minimum Gasteiger partial charge on any atom is -0.492 e. The molecule has 1 N–H and O–H groups in total. The molecule has 0 saturated carbocycles. The molecule has 0 bridgehead atoms. The Morgan fingerprint density at radius 3 is 2.69 bits per heavy atom. The summed E-state index contributed by atoms with van der Waals surface area (Å²) in [7, 11) is -3.62. The third-order valence-electron chi connectivity index (χ3n) is 4.66. The summed E-state index contributed by atoms with van der Waals surface area (Å²) in [6.45, 7) is 3.26. The summed E-state index contributed by atoms with van der Waals surface area (Å²) in [4.78, 5) is 17.2. The van der Waals surface area contributed by atoms with Gasteiger partial charge in [-0.1, -0.05) is 6.42 Å². The first-order valence-electron chi connectivity index (χ1n) is 9.54. The first kappa shape index (κ1) is 21.6. The molecule has 2 aromatic rings. The molecule has 1 aliphatic rings. The highest BCUT2D eigenvalue weighted by atomic mass is 32.2. The van der Waals surface area contributed by atoms with Crippen LogP contribution in [-0.4, -0.2) is 49.6 Å². The van der Waals surface area contributed by atoms with Gasteiger partial charge < -0.3 is 10.1 Å². The quantitative estimate of drug-likeness (QED) is 0.668. The monoisotopic (exact) mass is 435 g/mol. The Morgan fingerprint density at radius 2 is 2.00 bits per heavy atom. The molecule has 0 spiro atoms. The van der Waals surface area contributed by atoms with Gasteiger partial charge in [-0.25, -0.2) is 13.4 Å². The lowest BCUT2D eigenvalue weighted by molar-refractivity contribution is 0.102. The predicted molar refractivity (Wildman–Crippen MR) is 114 cm³/mol. The number of amides is 1. The zero-order chi connectivity index (χ0) is 20.9. The van der Waals surface area contributed by atoms with Crippen molar-refractivity contribution < 1.29 is 17.9 Å². The number of nitrogens with one attached hydrogen (secondary N) is 1. The highest BCUT2D eigenvalue weighted by Crippen LogP contribution is 2.31. The lowest BCUT2D eigenvalue weighted by Crippen LogP contribution is -2.35. The number of benzene rings is 1. The van der Waals surface area contributed by atoms with Crippen LogP contribution < -0.4 is 10.1 Å². The summed E-state index contributed by atoms with van der Waals surface area (Å²) in [5, 5.41) is 3.40. The molecular formula is C20H25N3O4S2. The SMILES string of the molecule is CCOc1ccc(S(=O)(=O)N2CCCCC2)cc1NC(=O)c1cccnc1SC. The zero-order valence-corrected chi connectivity index (χ0v) is 18.2. The lowest BCUT2D eigenvalue weighted by Gasteiger charge is -2.26. The van der Waals surface area contributed by atoms with E-state index in [1.54, 1.807) is 24.4 Å². The molecule has 2 heterocycles. The van der Waals surface area contributed by atoms with Crippen LogP contribution in [0.15, 0.2) is 46.5 Å². The largest absolute Gasteiger partial charge is 0.492 e. The molecule has 3 rings (SSSR count). The van der Waals surface area contributed by atoms with Crippen LogP contribution >= 0.6 is 11.8 Å². The maximum absolute atomic E-state index is 13.0. The van der Waals surface area contributed by atoms with Gasteiger partial charge in [0.2, 0.25) is 10.0 Å². The molecule has 0 aliphatic carbocycles. The van der Waals surface area contributed by atoms with Crippen LogP contribution in [-0.2, 0) is 10.0 Å². The molecule has 1 saturated heterocycles. The molecule has 1 aromatic carbocycles. The minimum absolute atomic E-state index is 0.148. The number of sulfonamides is 1. The summed E-state index contributed by atoms with van der Waals surface area (Å²) < 4.78 is 33.2. The molecule has 0 radical (unpaired) electrons. The van der Waals surface area contributed by atoms with Crippen molar-refractivity contribution in [1.29, 1.82) is 0 Å². The molecule has 0 unspecified atom stereocenters. The second kappa shape index (κ2) is 9.60. The number of hydrogen-bond acceptors (Lipinski definition) is 6. The van der Waals surface area contributed by atoms with Gasteiger partial charge >= 0.3 is 0 Å². The number of aromatic nitrogens is 1. The van der Waals surface area contributed by atoms with Gasteiger partial charge in [-0.2, -0.15) is 4.31 Å². The van der Waals surface area contributed by atoms with Gasteiger partial charge in [-0.3, -0.25) is 4.79 Å². The Bertz CT molecular complexity index is 973. The summed E-state index contributed by atoms with van der Waals surface area (Å²) in [5.41, 5.74) is 0.748. The third-order valence-corrected chi connectivity index (χ3v) is 7.27. The average molecular weight is 436 g/mol. The molecule has 29 heavy (non-hydrogen) atoms. The maximum Gasteiger partial charge on any atom is 0.258 e. The normalized spacial score (nSPS) is 15.1. The standard InChI is InChI=1S/C20H25N3O4S2/c1-3-27-18-10-9-15(29(25,26)23-12-5-4-6-13-23)14-17(18)22-19(24)16-8-7-11-21-20(16)28-2/h7-11,14H,3-6,12-13H2,1-2H3,(H,22,24). The van der Waals surface area contributed by atoms with Crippen LogP contribution in [0.2, 0.25) is 0 Å². The Morgan fingerprint density at radius 1 is 1.24 bits per heavy atom. The fraction of sp³-hybridized carbons (Fsp3) is 0.400. The fourth-order valence-corrected chi connectivity index (χ4v) is 5.31. The van der Waals surface area contributed by atoms with Gasteiger partial charge in [-0.15, -0.1) is 11.8 Å². The second-order valence-corrected chi connectivity index (χ2v) is 9.30. The van der Waals surface area contributed by atoms with Gasteiger partial charge in [-0.05, 0) is 56.4 Å². The van der Waals surface area contributed by atoms with Crippen LogP contribution in [0.3, 0.4) is 0 Å². The van der Waals surface area contributed by atoms with Gasteiger partial charge in [0.25, 0.3) is 5.91 Å². The van der Waals surface area contributed by atoms with E-state index in [1.165, 1.54) is 28.2 Å². The van der Waals surface area contributed by atoms with Crippen molar-refractivity contribution in [2.75, 3.05) is 31.3 Å². The Balaban J connectivity index is 1.94. The van der Waals surface area contributed by atoms with Crippen LogP contribution in [0.5, 0.6) is 5.75 Å². The van der Waals surface area contributed by atoms with Crippen molar-refractivity contribution >= 4 is 33.4 Å². The van der Waals surface area contributed by atoms with E-state index in [0.717, 1.165) is 19.3 Å². The molecule has 9 heteroatoms. The van der Waals surface area contributed by atoms with Crippen molar-refractivity contribution in [3.8, 4) is 5.75 Å². The number of piperidine rings is 1. The number of nitrogens with zero attached hydrogens (tertiary/aromatic N) is 2. The van der Waals surface area contributed by atoms with E-state index in [1.807, 2.05) is 13.2 Å². The number of rotatable bonds is 7. The van der Waals surface area contributed by atoms with E-state index >= 15 is 0 Å². The maximum atomic E-state index is 13.0. The Labute approximate surface area is 175 Å². The zero-order valence-electron chi connectivity index (χ0n) is 16.6. The minimum atomic E-state index is -3.62. The van der Waals surface area contributed by atoms with Crippen molar-refractivity contribution in [2.24, 2.45) is 0 Å². The summed E-state index contributed by atoms with van der Waals surface area (Å²) >= 11 is 1.37. The van der Waals surface area contributed by atoms with Crippen molar-refractivity contribution in [3.63, 3.8) is 0 Å². The van der Waals surface area contributed by atoms with Crippen LogP contribution in [0.25, 0.3) is 0 Å². The van der Waals surface area contributed by atoms with E-state index in [4.69, 9.17) is 4.74 Å². The van der Waals surface area contributed by atoms with E-state index in [2.05, 4.69) is 10.3 Å². The van der Waals surface area contributed by atoms with Crippen LogP contribution in [0, 0.1) is 0 Å². The Hall–Kier alpha value is -2.10. The number of anilines is 1. The molecule has 1 fully saturated rings. The topological polar surface area (TPSA) is 88.6 Å². The summed E-state index contributed by atoms with van der Waals surface area (Å²) in [6, 6.07) is 7.97.